The Bertz CT molecular complexity index is 856. The molecule has 4 aliphatic carbocycles. The van der Waals surface area contributed by atoms with Gasteiger partial charge in [0.05, 0.1) is 18.8 Å². The van der Waals surface area contributed by atoms with E-state index in [4.69, 9.17) is 9.47 Å². The van der Waals surface area contributed by atoms with Gasteiger partial charge in [0.2, 0.25) is 0 Å². The predicted octanol–water partition coefficient (Wildman–Crippen LogP) is 1.31. The molecule has 35 heavy (non-hydrogen) atoms. The number of ketones is 1. The standard InChI is InChI=1S/C27H42O8/c1-13(29)18-11-19(34-25-24(33)23(32)22(31)20(12-28)35-25)21-16-5-4-14-10-15(30)6-8-26(14,2)17(16)7-9-27(18,21)3/h10,13,16-25,28-29,31-33H,4-9,11-12H2,1-3H3. The average Bonchev–Trinajstić information content (AvgIpc) is 3.12. The highest BCUT2D eigenvalue weighted by molar-refractivity contribution is 5.91. The number of aliphatic hydroxyl groups is 5. The van der Waals surface area contributed by atoms with Crippen molar-refractivity contribution in [1.82, 2.24) is 0 Å². The lowest BCUT2D eigenvalue weighted by atomic mass is 9.46. The second-order valence-electron chi connectivity index (χ2n) is 12.4. The van der Waals surface area contributed by atoms with E-state index < -0.39 is 43.4 Å². The van der Waals surface area contributed by atoms with Gasteiger partial charge in [0.15, 0.2) is 12.1 Å². The van der Waals surface area contributed by atoms with Crippen LogP contribution in [-0.4, -0.2) is 80.8 Å². The molecule has 8 nitrogen and oxygen atoms in total. The fourth-order valence-electron chi connectivity index (χ4n) is 8.88. The van der Waals surface area contributed by atoms with Crippen LogP contribution in [0.25, 0.3) is 0 Å². The van der Waals surface area contributed by atoms with E-state index in [0.717, 1.165) is 32.1 Å². The van der Waals surface area contributed by atoms with Crippen molar-refractivity contribution in [2.45, 2.75) is 109 Å². The zero-order valence-corrected chi connectivity index (χ0v) is 21.0. The molecule has 1 saturated heterocycles. The number of hydrogen-bond acceptors (Lipinski definition) is 8. The molecule has 0 aromatic rings. The van der Waals surface area contributed by atoms with Gasteiger partial charge in [-0.3, -0.25) is 4.79 Å². The lowest BCUT2D eigenvalue weighted by Gasteiger charge is -2.59. The van der Waals surface area contributed by atoms with Crippen LogP contribution >= 0.6 is 0 Å². The van der Waals surface area contributed by atoms with Gasteiger partial charge < -0.3 is 35.0 Å². The summed E-state index contributed by atoms with van der Waals surface area (Å²) < 4.78 is 12.1. The lowest BCUT2D eigenvalue weighted by Crippen LogP contribution is -2.60. The molecule has 13 atom stereocenters. The monoisotopic (exact) mass is 494 g/mol. The summed E-state index contributed by atoms with van der Waals surface area (Å²) in [6.07, 6.45) is 0.498. The molecule has 0 aromatic heterocycles. The Kier molecular flexibility index (Phi) is 6.74. The summed E-state index contributed by atoms with van der Waals surface area (Å²) in [4.78, 5) is 12.2. The molecule has 5 N–H and O–H groups in total. The summed E-state index contributed by atoms with van der Waals surface area (Å²) in [7, 11) is 0. The average molecular weight is 495 g/mol. The van der Waals surface area contributed by atoms with E-state index in [1.54, 1.807) is 0 Å². The maximum Gasteiger partial charge on any atom is 0.186 e. The van der Waals surface area contributed by atoms with Crippen LogP contribution in [0.4, 0.5) is 0 Å². The molecule has 1 heterocycles. The first-order chi connectivity index (χ1) is 16.5. The van der Waals surface area contributed by atoms with E-state index in [0.29, 0.717) is 24.7 Å². The predicted molar refractivity (Wildman–Crippen MR) is 126 cm³/mol. The van der Waals surface area contributed by atoms with Gasteiger partial charge in [0.1, 0.15) is 24.4 Å². The van der Waals surface area contributed by atoms with Crippen LogP contribution in [0.1, 0.15) is 65.7 Å². The van der Waals surface area contributed by atoms with Crippen molar-refractivity contribution in [2.24, 2.45) is 34.5 Å². The van der Waals surface area contributed by atoms with Crippen LogP contribution in [0, 0.1) is 34.5 Å². The third-order valence-corrected chi connectivity index (χ3v) is 10.7. The fraction of sp³-hybridized carbons (Fsp3) is 0.889. The fourth-order valence-corrected chi connectivity index (χ4v) is 8.88. The molecule has 1 aliphatic heterocycles. The minimum absolute atomic E-state index is 0.00519. The topological polar surface area (TPSA) is 137 Å². The van der Waals surface area contributed by atoms with Crippen LogP contribution < -0.4 is 0 Å². The molecule has 5 aliphatic rings. The molecule has 0 radical (unpaired) electrons. The summed E-state index contributed by atoms with van der Waals surface area (Å²) in [5.41, 5.74) is 1.14. The van der Waals surface area contributed by atoms with Crippen LogP contribution in [0.15, 0.2) is 11.6 Å². The molecule has 8 heteroatoms. The van der Waals surface area contributed by atoms with E-state index in [9.17, 15) is 30.3 Å². The Morgan fingerprint density at radius 1 is 1.11 bits per heavy atom. The van der Waals surface area contributed by atoms with Crippen molar-refractivity contribution < 1.29 is 39.8 Å². The Morgan fingerprint density at radius 2 is 1.86 bits per heavy atom. The zero-order chi connectivity index (χ0) is 25.3. The molecule has 4 fully saturated rings. The molecule has 198 valence electrons. The zero-order valence-electron chi connectivity index (χ0n) is 21.0. The first-order valence-electron chi connectivity index (χ1n) is 13.4. The molecule has 13 unspecified atom stereocenters. The van der Waals surface area contributed by atoms with E-state index >= 15 is 0 Å². The quantitative estimate of drug-likeness (QED) is 0.395. The van der Waals surface area contributed by atoms with Gasteiger partial charge in [0, 0.05) is 6.42 Å². The largest absolute Gasteiger partial charge is 0.394 e. The maximum atomic E-state index is 12.2. The number of aliphatic hydroxyl groups excluding tert-OH is 5. The van der Waals surface area contributed by atoms with Crippen molar-refractivity contribution in [1.29, 1.82) is 0 Å². The van der Waals surface area contributed by atoms with Gasteiger partial charge in [0.25, 0.3) is 0 Å². The number of fused-ring (bicyclic) bond motifs is 5. The van der Waals surface area contributed by atoms with Gasteiger partial charge >= 0.3 is 0 Å². The second-order valence-corrected chi connectivity index (χ2v) is 12.4. The molecule has 0 bridgehead atoms. The van der Waals surface area contributed by atoms with Crippen molar-refractivity contribution in [2.75, 3.05) is 6.61 Å². The summed E-state index contributed by atoms with van der Waals surface area (Å²) in [5.74, 6) is 1.16. The van der Waals surface area contributed by atoms with E-state index in [-0.39, 0.29) is 34.6 Å². The molecular formula is C27H42O8. The summed E-state index contributed by atoms with van der Waals surface area (Å²) in [5, 5.41) is 51.5. The van der Waals surface area contributed by atoms with E-state index in [2.05, 4.69) is 13.8 Å². The van der Waals surface area contributed by atoms with Crippen LogP contribution in [0.3, 0.4) is 0 Å². The molecule has 5 rings (SSSR count). The van der Waals surface area contributed by atoms with Crippen LogP contribution in [-0.2, 0) is 14.3 Å². The van der Waals surface area contributed by atoms with Gasteiger partial charge in [-0.15, -0.1) is 0 Å². The minimum atomic E-state index is -1.48. The van der Waals surface area contributed by atoms with Crippen molar-refractivity contribution in [3.8, 4) is 0 Å². The van der Waals surface area contributed by atoms with Gasteiger partial charge in [-0.25, -0.2) is 0 Å². The highest BCUT2D eigenvalue weighted by Crippen LogP contribution is 2.67. The highest BCUT2D eigenvalue weighted by Gasteiger charge is 2.63. The highest BCUT2D eigenvalue weighted by atomic mass is 16.7. The Labute approximate surface area is 207 Å². The molecule has 0 spiro atoms. The number of ether oxygens (including phenoxy) is 2. The van der Waals surface area contributed by atoms with E-state index in [1.165, 1.54) is 5.57 Å². The molecule has 0 aromatic carbocycles. The summed E-state index contributed by atoms with van der Waals surface area (Å²) in [6.45, 7) is 5.92. The number of allylic oxidation sites excluding steroid dienone is 1. The van der Waals surface area contributed by atoms with Crippen molar-refractivity contribution >= 4 is 5.78 Å². The van der Waals surface area contributed by atoms with E-state index in [1.807, 2.05) is 13.0 Å². The van der Waals surface area contributed by atoms with Crippen molar-refractivity contribution in [3.63, 3.8) is 0 Å². The SMILES string of the molecule is CC(O)C1CC(OC2OC(CO)C(O)C(O)C2O)C2C3CCC4=CC(=O)CCC4(C)C3CCC12C. The Balaban J connectivity index is 1.46. The lowest BCUT2D eigenvalue weighted by molar-refractivity contribution is -0.317. The third-order valence-electron chi connectivity index (χ3n) is 10.7. The Morgan fingerprint density at radius 3 is 2.54 bits per heavy atom. The van der Waals surface area contributed by atoms with Gasteiger partial charge in [-0.2, -0.15) is 0 Å². The first-order valence-corrected chi connectivity index (χ1v) is 13.4. The molecular weight excluding hydrogens is 452 g/mol. The van der Waals surface area contributed by atoms with Gasteiger partial charge in [-0.05, 0) is 86.0 Å². The minimum Gasteiger partial charge on any atom is -0.394 e. The Hall–Kier alpha value is -0.870. The number of carbonyl (C=O) groups excluding carboxylic acids is 1. The second kappa shape index (κ2) is 9.15. The first kappa shape index (κ1) is 25.8. The normalized spacial score (nSPS) is 52.8. The number of rotatable bonds is 4. The van der Waals surface area contributed by atoms with Crippen LogP contribution in [0.2, 0.25) is 0 Å². The van der Waals surface area contributed by atoms with Crippen LogP contribution in [0.5, 0.6) is 0 Å². The third kappa shape index (κ3) is 3.95. The molecule has 3 saturated carbocycles. The summed E-state index contributed by atoms with van der Waals surface area (Å²) in [6, 6.07) is 0. The maximum absolute atomic E-state index is 12.2. The summed E-state index contributed by atoms with van der Waals surface area (Å²) >= 11 is 0. The van der Waals surface area contributed by atoms with Gasteiger partial charge in [-0.1, -0.05) is 19.4 Å². The smallest absolute Gasteiger partial charge is 0.186 e. The molecule has 0 amide bonds. The van der Waals surface area contributed by atoms with Crippen molar-refractivity contribution in [3.05, 3.63) is 11.6 Å². The number of carbonyl (C=O) groups is 1. The number of hydrogen-bond donors (Lipinski definition) is 5.